The second-order valence-corrected chi connectivity index (χ2v) is 8.47. The Bertz CT molecular complexity index is 962. The van der Waals surface area contributed by atoms with Crippen molar-refractivity contribution in [3.63, 3.8) is 0 Å². The van der Waals surface area contributed by atoms with E-state index in [-0.39, 0.29) is 19.1 Å². The first-order chi connectivity index (χ1) is 15.8. The van der Waals surface area contributed by atoms with Crippen LogP contribution >= 0.6 is 0 Å². The largest absolute Gasteiger partial charge is 0.480 e. The van der Waals surface area contributed by atoms with E-state index in [1.807, 2.05) is 43.3 Å². The molecule has 0 saturated heterocycles. The van der Waals surface area contributed by atoms with Crippen molar-refractivity contribution in [3.8, 4) is 11.1 Å². The number of benzene rings is 2. The molecule has 2 amide bonds. The average molecular weight is 454 g/mol. The van der Waals surface area contributed by atoms with Crippen LogP contribution in [0.5, 0.6) is 0 Å². The average Bonchev–Trinajstić information content (AvgIpc) is 3.10. The lowest BCUT2D eigenvalue weighted by atomic mass is 9.98. The summed E-state index contributed by atoms with van der Waals surface area (Å²) >= 11 is 0. The number of alkyl carbamates (subject to hydrolysis) is 1. The van der Waals surface area contributed by atoms with Gasteiger partial charge in [0.2, 0.25) is 5.91 Å². The lowest BCUT2D eigenvalue weighted by Crippen LogP contribution is -2.54. The summed E-state index contributed by atoms with van der Waals surface area (Å²) in [7, 11) is 3.45. The molecule has 1 aliphatic rings. The lowest BCUT2D eigenvalue weighted by molar-refractivity contribution is -0.142. The van der Waals surface area contributed by atoms with Crippen LogP contribution in [-0.2, 0) is 14.3 Å². The van der Waals surface area contributed by atoms with E-state index in [2.05, 4.69) is 22.8 Å². The second-order valence-electron chi connectivity index (χ2n) is 8.47. The number of ether oxygens (including phenoxy) is 1. The van der Waals surface area contributed by atoms with Crippen molar-refractivity contribution in [1.29, 1.82) is 0 Å². The van der Waals surface area contributed by atoms with E-state index in [1.165, 1.54) is 0 Å². The highest BCUT2D eigenvalue weighted by atomic mass is 16.5. The van der Waals surface area contributed by atoms with Crippen LogP contribution in [0.2, 0.25) is 0 Å². The van der Waals surface area contributed by atoms with Crippen LogP contribution in [0.15, 0.2) is 48.5 Å². The molecule has 176 valence electrons. The summed E-state index contributed by atoms with van der Waals surface area (Å²) in [6.07, 6.45) is 0.294. The van der Waals surface area contributed by atoms with Crippen molar-refractivity contribution in [1.82, 2.24) is 15.5 Å². The SMILES string of the molecule is CCCC(NC(=O)OCC1c2ccccc2-c2ccccc21)C(=O)NC(CN(C)C)C(=O)O. The molecule has 0 aliphatic heterocycles. The third-order valence-electron chi connectivity index (χ3n) is 5.69. The zero-order valence-electron chi connectivity index (χ0n) is 19.2. The fourth-order valence-corrected chi connectivity index (χ4v) is 4.16. The highest BCUT2D eigenvalue weighted by Crippen LogP contribution is 2.44. The van der Waals surface area contributed by atoms with Gasteiger partial charge in [-0.25, -0.2) is 9.59 Å². The molecule has 0 radical (unpaired) electrons. The molecule has 2 aromatic rings. The Hall–Kier alpha value is -3.39. The molecule has 0 heterocycles. The maximum atomic E-state index is 12.7. The van der Waals surface area contributed by atoms with Gasteiger partial charge in [-0.2, -0.15) is 0 Å². The molecule has 0 aromatic heterocycles. The number of carbonyl (C=O) groups is 3. The fraction of sp³-hybridized carbons (Fsp3) is 0.400. The van der Waals surface area contributed by atoms with Gasteiger partial charge in [-0.1, -0.05) is 61.9 Å². The topological polar surface area (TPSA) is 108 Å². The molecule has 33 heavy (non-hydrogen) atoms. The van der Waals surface area contributed by atoms with Crippen molar-refractivity contribution in [2.24, 2.45) is 0 Å². The highest BCUT2D eigenvalue weighted by Gasteiger charge is 2.30. The van der Waals surface area contributed by atoms with E-state index >= 15 is 0 Å². The molecule has 1 aliphatic carbocycles. The highest BCUT2D eigenvalue weighted by molar-refractivity contribution is 5.89. The van der Waals surface area contributed by atoms with Crippen LogP contribution in [-0.4, -0.2) is 67.3 Å². The summed E-state index contributed by atoms with van der Waals surface area (Å²) in [6.45, 7) is 2.16. The molecule has 0 bridgehead atoms. The van der Waals surface area contributed by atoms with E-state index in [0.717, 1.165) is 22.3 Å². The Morgan fingerprint density at radius 1 is 0.970 bits per heavy atom. The molecule has 2 aromatic carbocycles. The minimum Gasteiger partial charge on any atom is -0.480 e. The van der Waals surface area contributed by atoms with Gasteiger partial charge >= 0.3 is 12.1 Å². The minimum atomic E-state index is -1.13. The van der Waals surface area contributed by atoms with Gasteiger partial charge in [0.05, 0.1) is 0 Å². The number of carboxylic acids is 1. The van der Waals surface area contributed by atoms with E-state index < -0.39 is 30.1 Å². The smallest absolute Gasteiger partial charge is 0.407 e. The number of amides is 2. The molecular weight excluding hydrogens is 422 g/mol. The van der Waals surface area contributed by atoms with Gasteiger partial charge in [0.25, 0.3) is 0 Å². The molecule has 8 heteroatoms. The second kappa shape index (κ2) is 11.0. The van der Waals surface area contributed by atoms with Crippen molar-refractivity contribution < 1.29 is 24.2 Å². The number of nitrogens with zero attached hydrogens (tertiary/aromatic N) is 1. The first-order valence-electron chi connectivity index (χ1n) is 11.1. The van der Waals surface area contributed by atoms with Gasteiger partial charge < -0.3 is 25.4 Å². The molecule has 0 spiro atoms. The molecule has 2 atom stereocenters. The third kappa shape index (κ3) is 5.90. The van der Waals surface area contributed by atoms with Crippen LogP contribution in [0.4, 0.5) is 4.79 Å². The van der Waals surface area contributed by atoms with E-state index in [9.17, 15) is 19.5 Å². The number of fused-ring (bicyclic) bond motifs is 3. The number of aliphatic carboxylic acids is 1. The Balaban J connectivity index is 1.64. The van der Waals surface area contributed by atoms with Crippen LogP contribution in [0.1, 0.15) is 36.8 Å². The van der Waals surface area contributed by atoms with Gasteiger partial charge in [-0.05, 0) is 42.8 Å². The quantitative estimate of drug-likeness (QED) is 0.511. The van der Waals surface area contributed by atoms with Gasteiger partial charge in [-0.3, -0.25) is 4.79 Å². The molecule has 3 N–H and O–H groups in total. The van der Waals surface area contributed by atoms with Crippen molar-refractivity contribution in [3.05, 3.63) is 59.7 Å². The third-order valence-corrected chi connectivity index (χ3v) is 5.69. The summed E-state index contributed by atoms with van der Waals surface area (Å²) in [5, 5.41) is 14.5. The lowest BCUT2D eigenvalue weighted by Gasteiger charge is -2.23. The Morgan fingerprint density at radius 2 is 1.55 bits per heavy atom. The first-order valence-corrected chi connectivity index (χ1v) is 11.1. The summed E-state index contributed by atoms with van der Waals surface area (Å²) in [6, 6.07) is 14.1. The predicted octanol–water partition coefficient (Wildman–Crippen LogP) is 2.82. The van der Waals surface area contributed by atoms with Crippen LogP contribution in [0.25, 0.3) is 11.1 Å². The number of hydrogen-bond acceptors (Lipinski definition) is 5. The van der Waals surface area contributed by atoms with E-state index in [4.69, 9.17) is 4.74 Å². The maximum absolute atomic E-state index is 12.7. The van der Waals surface area contributed by atoms with Gasteiger partial charge in [0, 0.05) is 12.5 Å². The zero-order chi connectivity index (χ0) is 24.0. The molecule has 8 nitrogen and oxygen atoms in total. The number of hydrogen-bond donors (Lipinski definition) is 3. The molecule has 0 fully saturated rings. The number of carboxylic acid groups (broad SMARTS) is 1. The molecule has 0 saturated carbocycles. The fourth-order valence-electron chi connectivity index (χ4n) is 4.16. The zero-order valence-corrected chi connectivity index (χ0v) is 19.2. The van der Waals surface area contributed by atoms with E-state index in [0.29, 0.717) is 12.8 Å². The first kappa shape index (κ1) is 24.3. The van der Waals surface area contributed by atoms with Crippen molar-refractivity contribution in [2.45, 2.75) is 37.8 Å². The Kier molecular flexibility index (Phi) is 8.06. The molecule has 3 rings (SSSR count). The molecular formula is C25H31N3O5. The van der Waals surface area contributed by atoms with Crippen LogP contribution in [0, 0.1) is 0 Å². The van der Waals surface area contributed by atoms with Crippen molar-refractivity contribution in [2.75, 3.05) is 27.2 Å². The Morgan fingerprint density at radius 3 is 2.06 bits per heavy atom. The number of rotatable bonds is 10. The summed E-state index contributed by atoms with van der Waals surface area (Å²) in [4.78, 5) is 38.4. The maximum Gasteiger partial charge on any atom is 0.407 e. The standard InChI is InChI=1S/C25H31N3O5/c1-4-9-21(23(29)26-22(24(30)31)14-28(2)3)27-25(32)33-15-20-18-12-7-5-10-16(18)17-11-6-8-13-19(17)20/h5-8,10-13,20-22H,4,9,14-15H2,1-3H3,(H,26,29)(H,27,32)(H,30,31). The predicted molar refractivity (Wildman–Crippen MR) is 125 cm³/mol. The summed E-state index contributed by atoms with van der Waals surface area (Å²) in [5.74, 6) is -1.76. The van der Waals surface area contributed by atoms with Gasteiger partial charge in [0.1, 0.15) is 18.7 Å². The Labute approximate surface area is 193 Å². The van der Waals surface area contributed by atoms with Crippen molar-refractivity contribution >= 4 is 18.0 Å². The molecule has 2 unspecified atom stereocenters. The van der Waals surface area contributed by atoms with E-state index in [1.54, 1.807) is 19.0 Å². The summed E-state index contributed by atoms with van der Waals surface area (Å²) in [5.41, 5.74) is 4.46. The number of carbonyl (C=O) groups excluding carboxylic acids is 2. The van der Waals surface area contributed by atoms with Gasteiger partial charge in [-0.15, -0.1) is 0 Å². The van der Waals surface area contributed by atoms with Crippen LogP contribution in [0.3, 0.4) is 0 Å². The normalized spacial score (nSPS) is 14.2. The number of nitrogens with one attached hydrogen (secondary N) is 2. The van der Waals surface area contributed by atoms with Crippen LogP contribution < -0.4 is 10.6 Å². The van der Waals surface area contributed by atoms with Gasteiger partial charge in [0.15, 0.2) is 0 Å². The minimum absolute atomic E-state index is 0.0851. The summed E-state index contributed by atoms with van der Waals surface area (Å²) < 4.78 is 5.53. The number of likely N-dealkylation sites (N-methyl/N-ethyl adjacent to an activating group) is 1. The monoisotopic (exact) mass is 453 g/mol.